The van der Waals surface area contributed by atoms with Gasteiger partial charge in [0.15, 0.2) is 5.82 Å². The lowest BCUT2D eigenvalue weighted by Crippen LogP contribution is -2.18. The molecule has 0 amide bonds. The van der Waals surface area contributed by atoms with E-state index in [1.54, 1.807) is 18.2 Å². The van der Waals surface area contributed by atoms with Crippen LogP contribution in [0.1, 0.15) is 11.3 Å². The number of aliphatic hydroxyl groups is 1. The van der Waals surface area contributed by atoms with Crippen molar-refractivity contribution in [3.63, 3.8) is 0 Å². The Balaban J connectivity index is 2.09. The van der Waals surface area contributed by atoms with E-state index in [4.69, 9.17) is 5.11 Å². The lowest BCUT2D eigenvalue weighted by molar-refractivity contribution is 0.275. The van der Waals surface area contributed by atoms with Crippen LogP contribution in [0.5, 0.6) is 0 Å². The molecule has 5 heteroatoms. The van der Waals surface area contributed by atoms with E-state index in [1.807, 2.05) is 18.0 Å². The highest BCUT2D eigenvalue weighted by Gasteiger charge is 2.05. The molecule has 0 radical (unpaired) electrons. The van der Waals surface area contributed by atoms with Gasteiger partial charge in [-0.25, -0.2) is 4.39 Å². The first-order valence-electron chi connectivity index (χ1n) is 5.58. The van der Waals surface area contributed by atoms with Gasteiger partial charge in [-0.1, -0.05) is 12.1 Å². The summed E-state index contributed by atoms with van der Waals surface area (Å²) in [5.74, 6) is 0.430. The van der Waals surface area contributed by atoms with Crippen molar-refractivity contribution in [3.8, 4) is 0 Å². The van der Waals surface area contributed by atoms with Crippen LogP contribution in [0.4, 0.5) is 10.2 Å². The van der Waals surface area contributed by atoms with E-state index in [-0.39, 0.29) is 12.4 Å². The first-order valence-corrected chi connectivity index (χ1v) is 5.58. The van der Waals surface area contributed by atoms with Crippen molar-refractivity contribution in [2.45, 2.75) is 13.2 Å². The van der Waals surface area contributed by atoms with E-state index in [2.05, 4.69) is 10.2 Å². The van der Waals surface area contributed by atoms with Gasteiger partial charge in [-0.05, 0) is 29.8 Å². The molecule has 0 atom stereocenters. The highest BCUT2D eigenvalue weighted by molar-refractivity contribution is 5.37. The molecule has 0 fully saturated rings. The minimum atomic E-state index is -0.248. The standard InChI is InChI=1S/C13H14FN3O/c1-17(8-10-3-2-4-11(14)7-10)13-6-5-12(9-18)15-16-13/h2-7,18H,8-9H2,1H3. The first kappa shape index (κ1) is 12.4. The summed E-state index contributed by atoms with van der Waals surface area (Å²) in [6, 6.07) is 9.93. The first-order chi connectivity index (χ1) is 8.69. The SMILES string of the molecule is CN(Cc1cccc(F)c1)c1ccc(CO)nn1. The quantitative estimate of drug-likeness (QED) is 0.894. The normalized spacial score (nSPS) is 10.4. The predicted molar refractivity (Wildman–Crippen MR) is 66.5 cm³/mol. The zero-order valence-electron chi connectivity index (χ0n) is 10.0. The van der Waals surface area contributed by atoms with Crippen molar-refractivity contribution in [1.29, 1.82) is 0 Å². The van der Waals surface area contributed by atoms with E-state index in [1.165, 1.54) is 12.1 Å². The molecular formula is C13H14FN3O. The third kappa shape index (κ3) is 3.01. The summed E-state index contributed by atoms with van der Waals surface area (Å²) >= 11 is 0. The van der Waals surface area contributed by atoms with Crippen LogP contribution in [0.15, 0.2) is 36.4 Å². The Labute approximate surface area is 105 Å². The summed E-state index contributed by atoms with van der Waals surface area (Å²) in [4.78, 5) is 1.86. The Morgan fingerprint density at radius 3 is 2.67 bits per heavy atom. The number of hydrogen-bond donors (Lipinski definition) is 1. The third-order valence-electron chi connectivity index (χ3n) is 2.57. The van der Waals surface area contributed by atoms with E-state index < -0.39 is 0 Å². The number of nitrogens with zero attached hydrogens (tertiary/aromatic N) is 3. The molecule has 94 valence electrons. The summed E-state index contributed by atoms with van der Waals surface area (Å²) in [6.45, 7) is 0.422. The van der Waals surface area contributed by atoms with Crippen molar-refractivity contribution >= 4 is 5.82 Å². The lowest BCUT2D eigenvalue weighted by atomic mass is 10.2. The molecule has 1 heterocycles. The predicted octanol–water partition coefficient (Wildman–Crippen LogP) is 1.74. The van der Waals surface area contributed by atoms with Crippen LogP contribution in [0, 0.1) is 5.82 Å². The van der Waals surface area contributed by atoms with Crippen LogP contribution in [0.25, 0.3) is 0 Å². The van der Waals surface area contributed by atoms with Gasteiger partial charge < -0.3 is 10.0 Å². The second-order valence-corrected chi connectivity index (χ2v) is 4.03. The summed E-state index contributed by atoms with van der Waals surface area (Å²) in [5.41, 5.74) is 1.39. The maximum absolute atomic E-state index is 13.0. The molecule has 4 nitrogen and oxygen atoms in total. The molecule has 1 N–H and O–H groups in total. The minimum absolute atomic E-state index is 0.124. The largest absolute Gasteiger partial charge is 0.390 e. The molecular weight excluding hydrogens is 233 g/mol. The Morgan fingerprint density at radius 1 is 1.22 bits per heavy atom. The van der Waals surface area contributed by atoms with Gasteiger partial charge in [0.2, 0.25) is 0 Å². The summed E-state index contributed by atoms with van der Waals surface area (Å²) < 4.78 is 13.0. The second-order valence-electron chi connectivity index (χ2n) is 4.03. The number of rotatable bonds is 4. The van der Waals surface area contributed by atoms with Crippen LogP contribution < -0.4 is 4.90 Å². The van der Waals surface area contributed by atoms with E-state index in [0.29, 0.717) is 18.1 Å². The zero-order chi connectivity index (χ0) is 13.0. The highest BCUT2D eigenvalue weighted by Crippen LogP contribution is 2.12. The maximum atomic E-state index is 13.0. The molecule has 0 saturated carbocycles. The van der Waals surface area contributed by atoms with Crippen molar-refractivity contribution in [2.75, 3.05) is 11.9 Å². The number of aliphatic hydroxyl groups excluding tert-OH is 1. The van der Waals surface area contributed by atoms with E-state index in [9.17, 15) is 4.39 Å². The molecule has 0 aliphatic heterocycles. The molecule has 2 rings (SSSR count). The van der Waals surface area contributed by atoms with E-state index in [0.717, 1.165) is 5.56 Å². The molecule has 0 unspecified atom stereocenters. The molecule has 0 spiro atoms. The van der Waals surface area contributed by atoms with Crippen molar-refractivity contribution < 1.29 is 9.50 Å². The fourth-order valence-electron chi connectivity index (χ4n) is 1.63. The topological polar surface area (TPSA) is 49.2 Å². The smallest absolute Gasteiger partial charge is 0.151 e. The number of aromatic nitrogens is 2. The van der Waals surface area contributed by atoms with Gasteiger partial charge in [0, 0.05) is 13.6 Å². The van der Waals surface area contributed by atoms with Crippen LogP contribution in [0.3, 0.4) is 0 Å². The molecule has 0 bridgehead atoms. The van der Waals surface area contributed by atoms with Gasteiger partial charge in [0.05, 0.1) is 12.3 Å². The third-order valence-corrected chi connectivity index (χ3v) is 2.57. The molecule has 18 heavy (non-hydrogen) atoms. The average Bonchev–Trinajstić information content (AvgIpc) is 2.39. The van der Waals surface area contributed by atoms with Gasteiger partial charge >= 0.3 is 0 Å². The average molecular weight is 247 g/mol. The van der Waals surface area contributed by atoms with Crippen molar-refractivity contribution in [1.82, 2.24) is 10.2 Å². The summed E-state index contributed by atoms with van der Waals surface area (Å²) in [7, 11) is 1.85. The van der Waals surface area contributed by atoms with Crippen LogP contribution in [-0.4, -0.2) is 22.4 Å². The zero-order valence-corrected chi connectivity index (χ0v) is 10.0. The van der Waals surface area contributed by atoms with Crippen molar-refractivity contribution in [2.24, 2.45) is 0 Å². The fraction of sp³-hybridized carbons (Fsp3) is 0.231. The van der Waals surface area contributed by atoms with Gasteiger partial charge in [0.1, 0.15) is 5.82 Å². The van der Waals surface area contributed by atoms with Gasteiger partial charge in [0.25, 0.3) is 0 Å². The molecule has 0 aliphatic rings. The Morgan fingerprint density at radius 2 is 2.06 bits per heavy atom. The molecule has 0 aliphatic carbocycles. The number of anilines is 1. The van der Waals surface area contributed by atoms with Crippen LogP contribution in [0.2, 0.25) is 0 Å². The van der Waals surface area contributed by atoms with Gasteiger partial charge in [-0.15, -0.1) is 5.10 Å². The monoisotopic (exact) mass is 247 g/mol. The fourth-order valence-corrected chi connectivity index (χ4v) is 1.63. The van der Waals surface area contributed by atoms with Gasteiger partial charge in [-0.2, -0.15) is 5.10 Å². The van der Waals surface area contributed by atoms with Gasteiger partial charge in [-0.3, -0.25) is 0 Å². The highest BCUT2D eigenvalue weighted by atomic mass is 19.1. The Hall–Kier alpha value is -2.01. The molecule has 1 aromatic carbocycles. The Bertz CT molecular complexity index is 516. The molecule has 0 saturated heterocycles. The summed E-state index contributed by atoms with van der Waals surface area (Å²) in [5, 5.41) is 16.7. The lowest BCUT2D eigenvalue weighted by Gasteiger charge is -2.17. The molecule has 1 aromatic heterocycles. The van der Waals surface area contributed by atoms with Crippen LogP contribution in [-0.2, 0) is 13.2 Å². The number of benzene rings is 1. The van der Waals surface area contributed by atoms with Crippen LogP contribution >= 0.6 is 0 Å². The number of hydrogen-bond acceptors (Lipinski definition) is 4. The maximum Gasteiger partial charge on any atom is 0.151 e. The minimum Gasteiger partial charge on any atom is -0.390 e. The summed E-state index contributed by atoms with van der Waals surface area (Å²) in [6.07, 6.45) is 0. The number of halogens is 1. The second kappa shape index (κ2) is 5.55. The van der Waals surface area contributed by atoms with E-state index >= 15 is 0 Å². The van der Waals surface area contributed by atoms with Crippen molar-refractivity contribution in [3.05, 3.63) is 53.5 Å². The Kier molecular flexibility index (Phi) is 3.84. The molecule has 2 aromatic rings.